The summed E-state index contributed by atoms with van der Waals surface area (Å²) in [6.07, 6.45) is 6.00. The van der Waals surface area contributed by atoms with Crippen LogP contribution in [-0.2, 0) is 4.79 Å². The van der Waals surface area contributed by atoms with E-state index in [-0.39, 0.29) is 11.8 Å². The number of carboxylic acids is 1. The third-order valence-electron chi connectivity index (χ3n) is 2.58. The van der Waals surface area contributed by atoms with Gasteiger partial charge in [-0.25, -0.2) is 0 Å². The Hall–Kier alpha value is -0.790. The summed E-state index contributed by atoms with van der Waals surface area (Å²) < 4.78 is 0. The van der Waals surface area contributed by atoms with Crippen molar-refractivity contribution in [2.45, 2.75) is 12.8 Å². The normalized spacial score (nSPS) is 42.6. The summed E-state index contributed by atoms with van der Waals surface area (Å²) in [6, 6.07) is 0. The molecule has 10 heavy (non-hydrogen) atoms. The molecular weight excluding hydrogens is 128 g/mol. The average molecular weight is 137 g/mol. The Morgan fingerprint density at radius 2 is 2.20 bits per heavy atom. The first-order valence-electron chi connectivity index (χ1n) is 3.66. The molecule has 0 aromatic rings. The predicted octanol–water partition coefficient (Wildman–Crippen LogP) is -0.0515. The van der Waals surface area contributed by atoms with Gasteiger partial charge in [-0.05, 0) is 24.7 Å². The van der Waals surface area contributed by atoms with Gasteiger partial charge in [0.05, 0.1) is 0 Å². The molecule has 1 fully saturated rings. The summed E-state index contributed by atoms with van der Waals surface area (Å²) in [7, 11) is 0. The quantitative estimate of drug-likeness (QED) is 0.475. The number of allylic oxidation sites excluding steroid dienone is 2. The van der Waals surface area contributed by atoms with Gasteiger partial charge in [0.2, 0.25) is 0 Å². The molecule has 2 aliphatic rings. The van der Waals surface area contributed by atoms with Crippen LogP contribution in [0.25, 0.3) is 0 Å². The van der Waals surface area contributed by atoms with Gasteiger partial charge in [-0.2, -0.15) is 0 Å². The molecule has 3 atom stereocenters. The summed E-state index contributed by atoms with van der Waals surface area (Å²) in [5.41, 5.74) is 0. The van der Waals surface area contributed by atoms with Gasteiger partial charge in [0.1, 0.15) is 0 Å². The Morgan fingerprint density at radius 3 is 2.50 bits per heavy atom. The summed E-state index contributed by atoms with van der Waals surface area (Å²) in [6.45, 7) is 0. The van der Waals surface area contributed by atoms with Crippen LogP contribution in [0.1, 0.15) is 12.8 Å². The predicted molar refractivity (Wildman–Crippen MR) is 33.9 cm³/mol. The van der Waals surface area contributed by atoms with Crippen LogP contribution in [0.5, 0.6) is 0 Å². The van der Waals surface area contributed by atoms with Crippen LogP contribution in [0.15, 0.2) is 12.2 Å². The number of carboxylic acid groups (broad SMARTS) is 1. The highest BCUT2D eigenvalue weighted by Crippen LogP contribution is 2.42. The van der Waals surface area contributed by atoms with Gasteiger partial charge >= 0.3 is 0 Å². The number of aliphatic carboxylic acids is 1. The topological polar surface area (TPSA) is 40.1 Å². The minimum Gasteiger partial charge on any atom is -0.550 e. The molecule has 0 aromatic carbocycles. The zero-order valence-corrected chi connectivity index (χ0v) is 5.62. The lowest BCUT2D eigenvalue weighted by atomic mass is 9.94. The third kappa shape index (κ3) is 0.681. The molecular formula is C8H9O2-. The Kier molecular flexibility index (Phi) is 1.10. The minimum atomic E-state index is -0.864. The Labute approximate surface area is 59.5 Å². The standard InChI is InChI=1S/C8H10O2/c9-8(10)7-4-5-1-2-6(7)3-5/h1-2,5-7H,3-4H2,(H,9,10)/p-1/t5-,6+,7-/m1/s1. The highest BCUT2D eigenvalue weighted by atomic mass is 16.4. The number of carbonyl (C=O) groups is 1. The van der Waals surface area contributed by atoms with Gasteiger partial charge in [-0.15, -0.1) is 0 Å². The van der Waals surface area contributed by atoms with Crippen molar-refractivity contribution >= 4 is 5.97 Å². The molecule has 2 nitrogen and oxygen atoms in total. The lowest BCUT2D eigenvalue weighted by Gasteiger charge is -2.18. The fourth-order valence-electron chi connectivity index (χ4n) is 2.05. The van der Waals surface area contributed by atoms with Gasteiger partial charge in [0, 0.05) is 11.9 Å². The molecule has 0 amide bonds. The number of fused-ring (bicyclic) bond motifs is 2. The van der Waals surface area contributed by atoms with E-state index in [1.165, 1.54) is 0 Å². The molecule has 0 aliphatic heterocycles. The fraction of sp³-hybridized carbons (Fsp3) is 0.625. The SMILES string of the molecule is O=C([O-])[C@@H]1C[C@@H]2C=C[C@H]1C2. The molecule has 0 radical (unpaired) electrons. The van der Waals surface area contributed by atoms with Crippen molar-refractivity contribution in [3.05, 3.63) is 12.2 Å². The van der Waals surface area contributed by atoms with E-state index in [9.17, 15) is 9.90 Å². The molecule has 2 aliphatic carbocycles. The summed E-state index contributed by atoms with van der Waals surface area (Å²) in [5, 5.41) is 10.4. The van der Waals surface area contributed by atoms with Crippen molar-refractivity contribution in [3.63, 3.8) is 0 Å². The second-order valence-electron chi connectivity index (χ2n) is 3.21. The highest BCUT2D eigenvalue weighted by molar-refractivity contribution is 5.69. The maximum absolute atomic E-state index is 10.4. The van der Waals surface area contributed by atoms with Crippen molar-refractivity contribution in [3.8, 4) is 0 Å². The van der Waals surface area contributed by atoms with Crippen LogP contribution >= 0.6 is 0 Å². The van der Waals surface area contributed by atoms with Crippen LogP contribution in [-0.4, -0.2) is 5.97 Å². The molecule has 2 rings (SSSR count). The van der Waals surface area contributed by atoms with Gasteiger partial charge in [-0.3, -0.25) is 0 Å². The van der Waals surface area contributed by atoms with E-state index in [0.717, 1.165) is 12.8 Å². The maximum Gasteiger partial charge on any atom is 0.0451 e. The Balaban J connectivity index is 2.16. The van der Waals surface area contributed by atoms with Gasteiger partial charge < -0.3 is 9.90 Å². The minimum absolute atomic E-state index is 0.185. The van der Waals surface area contributed by atoms with Gasteiger partial charge in [0.25, 0.3) is 0 Å². The van der Waals surface area contributed by atoms with Crippen LogP contribution in [0.3, 0.4) is 0 Å². The van der Waals surface area contributed by atoms with Crippen LogP contribution in [0.4, 0.5) is 0 Å². The Bertz CT molecular complexity index is 195. The molecule has 0 heterocycles. The van der Waals surface area contributed by atoms with E-state index in [1.54, 1.807) is 0 Å². The summed E-state index contributed by atoms with van der Waals surface area (Å²) in [5.74, 6) is -0.227. The molecule has 0 saturated heterocycles. The number of hydrogen-bond donors (Lipinski definition) is 0. The van der Waals surface area contributed by atoms with Crippen molar-refractivity contribution in [1.29, 1.82) is 0 Å². The average Bonchev–Trinajstić information content (AvgIpc) is 2.44. The highest BCUT2D eigenvalue weighted by Gasteiger charge is 2.35. The van der Waals surface area contributed by atoms with Crippen LogP contribution in [0, 0.1) is 17.8 Å². The molecule has 2 bridgehead atoms. The van der Waals surface area contributed by atoms with Gasteiger partial charge in [0.15, 0.2) is 0 Å². The molecule has 2 heteroatoms. The molecule has 0 aromatic heterocycles. The fourth-order valence-corrected chi connectivity index (χ4v) is 2.05. The van der Waals surface area contributed by atoms with E-state index >= 15 is 0 Å². The van der Waals surface area contributed by atoms with Crippen molar-refractivity contribution in [2.24, 2.45) is 17.8 Å². The number of carbonyl (C=O) groups excluding carboxylic acids is 1. The first kappa shape index (κ1) is 5.96. The summed E-state index contributed by atoms with van der Waals surface area (Å²) in [4.78, 5) is 10.4. The van der Waals surface area contributed by atoms with E-state index < -0.39 is 5.97 Å². The maximum atomic E-state index is 10.4. The molecule has 54 valence electrons. The van der Waals surface area contributed by atoms with Crippen molar-refractivity contribution in [1.82, 2.24) is 0 Å². The molecule has 0 spiro atoms. The van der Waals surface area contributed by atoms with Crippen LogP contribution in [0.2, 0.25) is 0 Å². The first-order chi connectivity index (χ1) is 4.77. The van der Waals surface area contributed by atoms with Crippen molar-refractivity contribution < 1.29 is 9.90 Å². The number of hydrogen-bond acceptors (Lipinski definition) is 2. The lowest BCUT2D eigenvalue weighted by molar-refractivity contribution is -0.312. The van der Waals surface area contributed by atoms with E-state index in [1.807, 2.05) is 6.08 Å². The third-order valence-corrected chi connectivity index (χ3v) is 2.58. The first-order valence-corrected chi connectivity index (χ1v) is 3.66. The number of rotatable bonds is 1. The van der Waals surface area contributed by atoms with E-state index in [2.05, 4.69) is 6.08 Å². The molecule has 0 unspecified atom stereocenters. The summed E-state index contributed by atoms with van der Waals surface area (Å²) >= 11 is 0. The van der Waals surface area contributed by atoms with Gasteiger partial charge in [-0.1, -0.05) is 12.2 Å². The smallest absolute Gasteiger partial charge is 0.0451 e. The Morgan fingerprint density at radius 1 is 1.40 bits per heavy atom. The lowest BCUT2D eigenvalue weighted by Crippen LogP contribution is -2.33. The molecule has 1 saturated carbocycles. The van der Waals surface area contributed by atoms with E-state index in [0.29, 0.717) is 5.92 Å². The second kappa shape index (κ2) is 1.84. The van der Waals surface area contributed by atoms with Crippen LogP contribution < -0.4 is 5.11 Å². The second-order valence-corrected chi connectivity index (χ2v) is 3.21. The monoisotopic (exact) mass is 137 g/mol. The largest absolute Gasteiger partial charge is 0.550 e. The zero-order valence-electron chi connectivity index (χ0n) is 5.62. The van der Waals surface area contributed by atoms with E-state index in [4.69, 9.17) is 0 Å². The van der Waals surface area contributed by atoms with Crippen molar-refractivity contribution in [2.75, 3.05) is 0 Å². The zero-order chi connectivity index (χ0) is 7.14. The molecule has 0 N–H and O–H groups in total.